The average Bonchev–Trinajstić information content (AvgIpc) is 3.03. The Balaban J connectivity index is 1.59. The Bertz CT molecular complexity index is 672. The van der Waals surface area contributed by atoms with E-state index in [1.54, 1.807) is 0 Å². The highest BCUT2D eigenvalue weighted by Crippen LogP contribution is 2.23. The minimum atomic E-state index is 0.170. The molecule has 1 fully saturated rings. The van der Waals surface area contributed by atoms with Gasteiger partial charge >= 0.3 is 0 Å². The van der Waals surface area contributed by atoms with Crippen LogP contribution in [0.3, 0.4) is 0 Å². The normalized spacial score (nSPS) is 15.7. The van der Waals surface area contributed by atoms with Crippen LogP contribution in [0, 0.1) is 12.8 Å². The van der Waals surface area contributed by atoms with Gasteiger partial charge in [0.15, 0.2) is 0 Å². The van der Waals surface area contributed by atoms with Crippen LogP contribution in [0.4, 0.5) is 0 Å². The number of ether oxygens (including phenoxy) is 1. The molecule has 2 aromatic rings. The molecule has 0 radical (unpaired) electrons. The molecule has 0 aliphatic carbocycles. The van der Waals surface area contributed by atoms with Crippen molar-refractivity contribution < 1.29 is 9.53 Å². The van der Waals surface area contributed by atoms with Gasteiger partial charge < -0.3 is 9.64 Å². The molecule has 3 rings (SSSR count). The third kappa shape index (κ3) is 3.94. The molecule has 0 bridgehead atoms. The predicted octanol–water partition coefficient (Wildman–Crippen LogP) is 4.51. The van der Waals surface area contributed by atoms with Gasteiger partial charge in [-0.1, -0.05) is 25.1 Å². The predicted molar refractivity (Wildman–Crippen MR) is 94.1 cm³/mol. The van der Waals surface area contributed by atoms with E-state index in [0.29, 0.717) is 6.61 Å². The lowest BCUT2D eigenvalue weighted by Gasteiger charge is -2.29. The van der Waals surface area contributed by atoms with Crippen molar-refractivity contribution in [3.8, 4) is 5.75 Å². The second-order valence-corrected chi connectivity index (χ2v) is 7.26. The molecular weight excluding hydrogens is 306 g/mol. The number of carbonyl (C=O) groups is 1. The van der Waals surface area contributed by atoms with Crippen LogP contribution in [0.1, 0.15) is 40.6 Å². The molecule has 1 aliphatic rings. The first-order valence-corrected chi connectivity index (χ1v) is 9.06. The standard InChI is InChI=1S/C19H23NO2S/c1-14-7-9-20(10-8-14)19(21)18-11-16(13-23-18)12-22-17-6-4-3-5-15(17)2/h3-6,11,13-14H,7-10,12H2,1-2H3. The number of thiophene rings is 1. The summed E-state index contributed by atoms with van der Waals surface area (Å²) in [6.07, 6.45) is 2.22. The van der Waals surface area contributed by atoms with Crippen molar-refractivity contribution >= 4 is 17.2 Å². The fourth-order valence-electron chi connectivity index (χ4n) is 2.81. The third-order valence-corrected chi connectivity index (χ3v) is 5.39. The number of piperidine rings is 1. The number of rotatable bonds is 4. The summed E-state index contributed by atoms with van der Waals surface area (Å²) in [5.74, 6) is 1.81. The smallest absolute Gasteiger partial charge is 0.263 e. The van der Waals surface area contributed by atoms with Crippen LogP contribution in [0.2, 0.25) is 0 Å². The summed E-state index contributed by atoms with van der Waals surface area (Å²) < 4.78 is 5.86. The van der Waals surface area contributed by atoms with Crippen molar-refractivity contribution in [3.05, 3.63) is 51.7 Å². The zero-order chi connectivity index (χ0) is 16.2. The van der Waals surface area contributed by atoms with Gasteiger partial charge in [-0.3, -0.25) is 4.79 Å². The molecule has 0 saturated carbocycles. The summed E-state index contributed by atoms with van der Waals surface area (Å²) in [5.41, 5.74) is 2.19. The molecule has 4 heteroatoms. The highest BCUT2D eigenvalue weighted by atomic mass is 32.1. The van der Waals surface area contributed by atoms with Gasteiger partial charge in [-0.2, -0.15) is 0 Å². The molecule has 0 spiro atoms. The second-order valence-electron chi connectivity index (χ2n) is 6.35. The SMILES string of the molecule is Cc1ccccc1OCc1csc(C(=O)N2CCC(C)CC2)c1. The van der Waals surface area contributed by atoms with Crippen LogP contribution in [-0.4, -0.2) is 23.9 Å². The molecule has 2 heterocycles. The molecule has 1 aromatic carbocycles. The number of amides is 1. The molecule has 0 N–H and O–H groups in total. The van der Waals surface area contributed by atoms with E-state index in [2.05, 4.69) is 6.92 Å². The lowest BCUT2D eigenvalue weighted by atomic mass is 9.99. The number of hydrogen-bond donors (Lipinski definition) is 0. The van der Waals surface area contributed by atoms with Gasteiger partial charge in [-0.05, 0) is 48.8 Å². The van der Waals surface area contributed by atoms with Crippen molar-refractivity contribution in [1.29, 1.82) is 0 Å². The number of carbonyl (C=O) groups excluding carboxylic acids is 1. The first-order chi connectivity index (χ1) is 11.1. The summed E-state index contributed by atoms with van der Waals surface area (Å²) in [7, 11) is 0. The lowest BCUT2D eigenvalue weighted by Crippen LogP contribution is -2.37. The van der Waals surface area contributed by atoms with Crippen LogP contribution in [0.5, 0.6) is 5.75 Å². The van der Waals surface area contributed by atoms with Crippen molar-refractivity contribution in [3.63, 3.8) is 0 Å². The molecule has 122 valence electrons. The van der Waals surface area contributed by atoms with Gasteiger partial charge in [0, 0.05) is 18.7 Å². The fraction of sp³-hybridized carbons (Fsp3) is 0.421. The maximum Gasteiger partial charge on any atom is 0.263 e. The van der Waals surface area contributed by atoms with Crippen molar-refractivity contribution in [2.24, 2.45) is 5.92 Å². The number of nitrogens with zero attached hydrogens (tertiary/aromatic N) is 1. The van der Waals surface area contributed by atoms with E-state index in [9.17, 15) is 4.79 Å². The number of aryl methyl sites for hydroxylation is 1. The minimum Gasteiger partial charge on any atom is -0.489 e. The molecule has 0 unspecified atom stereocenters. The Morgan fingerprint density at radius 1 is 1.30 bits per heavy atom. The Labute approximate surface area is 141 Å². The Morgan fingerprint density at radius 3 is 2.78 bits per heavy atom. The van der Waals surface area contributed by atoms with E-state index in [-0.39, 0.29) is 5.91 Å². The molecule has 1 aliphatic heterocycles. The Hall–Kier alpha value is -1.81. The molecule has 23 heavy (non-hydrogen) atoms. The van der Waals surface area contributed by atoms with Gasteiger partial charge in [0.2, 0.25) is 0 Å². The quantitative estimate of drug-likeness (QED) is 0.826. The highest BCUT2D eigenvalue weighted by Gasteiger charge is 2.22. The summed E-state index contributed by atoms with van der Waals surface area (Å²) in [5, 5.41) is 2.03. The van der Waals surface area contributed by atoms with Crippen LogP contribution in [0.25, 0.3) is 0 Å². The van der Waals surface area contributed by atoms with E-state index in [1.807, 2.05) is 47.5 Å². The maximum absolute atomic E-state index is 12.5. The largest absolute Gasteiger partial charge is 0.489 e. The van der Waals surface area contributed by atoms with E-state index in [4.69, 9.17) is 4.74 Å². The van der Waals surface area contributed by atoms with Crippen molar-refractivity contribution in [1.82, 2.24) is 4.90 Å². The lowest BCUT2D eigenvalue weighted by molar-refractivity contribution is 0.0702. The van der Waals surface area contributed by atoms with Crippen LogP contribution in [-0.2, 0) is 6.61 Å². The van der Waals surface area contributed by atoms with Gasteiger partial charge in [0.05, 0.1) is 4.88 Å². The monoisotopic (exact) mass is 329 g/mol. The first-order valence-electron chi connectivity index (χ1n) is 8.18. The Kier molecular flexibility index (Phi) is 5.01. The third-order valence-electron chi connectivity index (χ3n) is 4.42. The first kappa shape index (κ1) is 16.1. The van der Waals surface area contributed by atoms with Gasteiger partial charge in [0.1, 0.15) is 12.4 Å². The van der Waals surface area contributed by atoms with E-state index < -0.39 is 0 Å². The molecule has 1 amide bonds. The summed E-state index contributed by atoms with van der Waals surface area (Å²) in [6.45, 7) is 6.56. The molecule has 0 atom stereocenters. The number of likely N-dealkylation sites (tertiary alicyclic amines) is 1. The van der Waals surface area contributed by atoms with E-state index in [0.717, 1.165) is 53.6 Å². The topological polar surface area (TPSA) is 29.5 Å². The average molecular weight is 329 g/mol. The van der Waals surface area contributed by atoms with Gasteiger partial charge in [0.25, 0.3) is 5.91 Å². The molecule has 1 aromatic heterocycles. The maximum atomic E-state index is 12.5. The number of hydrogen-bond acceptors (Lipinski definition) is 3. The zero-order valence-electron chi connectivity index (χ0n) is 13.7. The summed E-state index contributed by atoms with van der Waals surface area (Å²) >= 11 is 1.52. The number of para-hydroxylation sites is 1. The summed E-state index contributed by atoms with van der Waals surface area (Å²) in [6, 6.07) is 9.96. The second kappa shape index (κ2) is 7.18. The molecule has 1 saturated heterocycles. The fourth-order valence-corrected chi connectivity index (χ4v) is 3.67. The molecular formula is C19H23NO2S. The van der Waals surface area contributed by atoms with Crippen LogP contribution in [0.15, 0.2) is 35.7 Å². The highest BCUT2D eigenvalue weighted by molar-refractivity contribution is 7.12. The Morgan fingerprint density at radius 2 is 2.04 bits per heavy atom. The van der Waals surface area contributed by atoms with E-state index >= 15 is 0 Å². The van der Waals surface area contributed by atoms with Crippen molar-refractivity contribution in [2.45, 2.75) is 33.3 Å². The van der Waals surface area contributed by atoms with Gasteiger partial charge in [-0.15, -0.1) is 11.3 Å². The van der Waals surface area contributed by atoms with E-state index in [1.165, 1.54) is 11.3 Å². The minimum absolute atomic E-state index is 0.170. The molecule has 3 nitrogen and oxygen atoms in total. The van der Waals surface area contributed by atoms with Gasteiger partial charge in [-0.25, -0.2) is 0 Å². The van der Waals surface area contributed by atoms with Crippen LogP contribution >= 0.6 is 11.3 Å². The van der Waals surface area contributed by atoms with Crippen molar-refractivity contribution in [2.75, 3.05) is 13.1 Å². The zero-order valence-corrected chi connectivity index (χ0v) is 14.6. The van der Waals surface area contributed by atoms with Crippen LogP contribution < -0.4 is 4.74 Å². The summed E-state index contributed by atoms with van der Waals surface area (Å²) in [4.78, 5) is 15.3. The number of benzene rings is 1.